The van der Waals surface area contributed by atoms with E-state index in [0.717, 1.165) is 29.1 Å². The molecule has 7 heteroatoms. The number of carbonyl (C=O) groups excluding carboxylic acids is 2. The lowest BCUT2D eigenvalue weighted by Crippen LogP contribution is -2.40. The molecule has 3 heterocycles. The largest absolute Gasteiger partial charge is 0.351 e. The van der Waals surface area contributed by atoms with Crippen LogP contribution in [0.4, 0.5) is 0 Å². The Morgan fingerprint density at radius 1 is 1.43 bits per heavy atom. The van der Waals surface area contributed by atoms with Crippen LogP contribution in [0, 0.1) is 0 Å². The van der Waals surface area contributed by atoms with Crippen LogP contribution in [0.25, 0.3) is 0 Å². The Balaban J connectivity index is 1.64. The molecule has 3 rings (SSSR count). The number of aromatic nitrogens is 2. The molecule has 0 spiro atoms. The van der Waals surface area contributed by atoms with Crippen molar-refractivity contribution in [1.82, 2.24) is 20.0 Å². The molecular formula is C16H20N4O2S. The number of rotatable bonds is 4. The van der Waals surface area contributed by atoms with Gasteiger partial charge in [0.25, 0.3) is 5.91 Å². The highest BCUT2D eigenvalue weighted by Gasteiger charge is 2.26. The van der Waals surface area contributed by atoms with Crippen molar-refractivity contribution in [2.75, 3.05) is 13.1 Å². The number of nitrogens with zero attached hydrogens (tertiary/aromatic N) is 3. The second-order valence-corrected chi connectivity index (χ2v) is 6.88. The van der Waals surface area contributed by atoms with E-state index in [1.54, 1.807) is 6.20 Å². The van der Waals surface area contributed by atoms with Crippen molar-refractivity contribution in [2.24, 2.45) is 0 Å². The van der Waals surface area contributed by atoms with Crippen LogP contribution in [0.2, 0.25) is 0 Å². The first-order chi connectivity index (χ1) is 11.1. The van der Waals surface area contributed by atoms with Gasteiger partial charge in [-0.15, -0.1) is 11.3 Å². The molecule has 23 heavy (non-hydrogen) atoms. The number of likely N-dealkylation sites (tertiary alicyclic amines) is 1. The predicted molar refractivity (Wildman–Crippen MR) is 88.2 cm³/mol. The molecule has 122 valence electrons. The number of nitrogens with one attached hydrogen (secondary N) is 1. The summed E-state index contributed by atoms with van der Waals surface area (Å²) in [6.07, 6.45) is 5.76. The minimum atomic E-state index is -0.0654. The SMILES string of the molecule is CC(=O)NCc1ccc(C(=O)N2CCC[C@@H](n3cccn3)C2)s1. The van der Waals surface area contributed by atoms with Crippen LogP contribution < -0.4 is 5.32 Å². The van der Waals surface area contributed by atoms with Crippen LogP contribution in [-0.2, 0) is 11.3 Å². The van der Waals surface area contributed by atoms with Crippen molar-refractivity contribution >= 4 is 23.2 Å². The maximum Gasteiger partial charge on any atom is 0.264 e. The van der Waals surface area contributed by atoms with Gasteiger partial charge < -0.3 is 10.2 Å². The third-order valence-corrected chi connectivity index (χ3v) is 5.04. The van der Waals surface area contributed by atoms with Crippen molar-refractivity contribution in [2.45, 2.75) is 32.4 Å². The zero-order valence-corrected chi connectivity index (χ0v) is 13.9. The standard InChI is InChI=1S/C16H20N4O2S/c1-12(21)17-10-14-5-6-15(23-14)16(22)19-8-2-4-13(11-19)20-9-3-7-18-20/h3,5-7,9,13H,2,4,8,10-11H2,1H3,(H,17,21)/t13-/m1/s1. The average Bonchev–Trinajstić information content (AvgIpc) is 3.24. The minimum Gasteiger partial charge on any atom is -0.351 e. The van der Waals surface area contributed by atoms with E-state index < -0.39 is 0 Å². The maximum absolute atomic E-state index is 12.7. The van der Waals surface area contributed by atoms with Gasteiger partial charge in [-0.2, -0.15) is 5.10 Å². The quantitative estimate of drug-likeness (QED) is 0.932. The van der Waals surface area contributed by atoms with Crippen molar-refractivity contribution < 1.29 is 9.59 Å². The smallest absolute Gasteiger partial charge is 0.264 e. The van der Waals surface area contributed by atoms with Crippen molar-refractivity contribution in [1.29, 1.82) is 0 Å². The van der Waals surface area contributed by atoms with Crippen LogP contribution >= 0.6 is 11.3 Å². The van der Waals surface area contributed by atoms with E-state index in [-0.39, 0.29) is 17.9 Å². The van der Waals surface area contributed by atoms with E-state index in [0.29, 0.717) is 13.1 Å². The van der Waals surface area contributed by atoms with Gasteiger partial charge in [-0.1, -0.05) is 0 Å². The molecule has 1 N–H and O–H groups in total. The third kappa shape index (κ3) is 3.79. The summed E-state index contributed by atoms with van der Waals surface area (Å²) < 4.78 is 1.94. The van der Waals surface area contributed by atoms with Crippen LogP contribution in [0.3, 0.4) is 0 Å². The predicted octanol–water partition coefficient (Wildman–Crippen LogP) is 2.06. The normalized spacial score (nSPS) is 18.0. The van der Waals surface area contributed by atoms with Gasteiger partial charge in [-0.3, -0.25) is 14.3 Å². The van der Waals surface area contributed by atoms with Gasteiger partial charge in [0.2, 0.25) is 5.91 Å². The van der Waals surface area contributed by atoms with E-state index in [2.05, 4.69) is 10.4 Å². The van der Waals surface area contributed by atoms with Gasteiger partial charge in [0.15, 0.2) is 0 Å². The molecule has 0 aromatic carbocycles. The highest BCUT2D eigenvalue weighted by atomic mass is 32.1. The topological polar surface area (TPSA) is 67.2 Å². The van der Waals surface area contributed by atoms with Gasteiger partial charge in [0.05, 0.1) is 17.5 Å². The minimum absolute atomic E-state index is 0.0654. The molecule has 1 atom stereocenters. The monoisotopic (exact) mass is 332 g/mol. The first kappa shape index (κ1) is 15.7. The first-order valence-corrected chi connectivity index (χ1v) is 8.56. The lowest BCUT2D eigenvalue weighted by molar-refractivity contribution is -0.119. The van der Waals surface area contributed by atoms with Crippen LogP contribution in [0.15, 0.2) is 30.6 Å². The summed E-state index contributed by atoms with van der Waals surface area (Å²) >= 11 is 1.45. The lowest BCUT2D eigenvalue weighted by Gasteiger charge is -2.32. The molecule has 0 unspecified atom stereocenters. The fraction of sp³-hybridized carbons (Fsp3) is 0.438. The summed E-state index contributed by atoms with van der Waals surface area (Å²) in [7, 11) is 0. The summed E-state index contributed by atoms with van der Waals surface area (Å²) in [6, 6.07) is 5.92. The Morgan fingerprint density at radius 2 is 2.30 bits per heavy atom. The summed E-state index contributed by atoms with van der Waals surface area (Å²) in [5, 5.41) is 7.05. The van der Waals surface area contributed by atoms with Crippen molar-refractivity contribution in [3.05, 3.63) is 40.3 Å². The Morgan fingerprint density at radius 3 is 3.04 bits per heavy atom. The molecule has 0 bridgehead atoms. The zero-order chi connectivity index (χ0) is 16.2. The molecule has 1 fully saturated rings. The Bertz CT molecular complexity index is 680. The second kappa shape index (κ2) is 6.95. The molecular weight excluding hydrogens is 312 g/mol. The van der Waals surface area contributed by atoms with Gasteiger partial charge in [0, 0.05) is 37.3 Å². The van der Waals surface area contributed by atoms with Crippen LogP contribution in [-0.4, -0.2) is 39.6 Å². The fourth-order valence-corrected chi connectivity index (χ4v) is 3.72. The van der Waals surface area contributed by atoms with Gasteiger partial charge in [-0.25, -0.2) is 0 Å². The molecule has 2 aromatic heterocycles. The number of thiophene rings is 1. The fourth-order valence-electron chi connectivity index (χ4n) is 2.81. The Hall–Kier alpha value is -2.15. The highest BCUT2D eigenvalue weighted by Crippen LogP contribution is 2.24. The number of carbonyl (C=O) groups is 2. The molecule has 1 aliphatic rings. The summed E-state index contributed by atoms with van der Waals surface area (Å²) in [5.41, 5.74) is 0. The third-order valence-electron chi connectivity index (χ3n) is 3.97. The zero-order valence-electron chi connectivity index (χ0n) is 13.1. The van der Waals surface area contributed by atoms with Crippen molar-refractivity contribution in [3.63, 3.8) is 0 Å². The lowest BCUT2D eigenvalue weighted by atomic mass is 10.1. The average molecular weight is 332 g/mol. The van der Waals surface area contributed by atoms with Crippen LogP contribution in [0.5, 0.6) is 0 Å². The number of hydrogen-bond donors (Lipinski definition) is 1. The molecule has 1 aliphatic heterocycles. The maximum atomic E-state index is 12.7. The molecule has 2 amide bonds. The molecule has 0 saturated carbocycles. The van der Waals surface area contributed by atoms with E-state index in [1.807, 2.05) is 34.0 Å². The number of piperidine rings is 1. The number of amides is 2. The van der Waals surface area contributed by atoms with E-state index in [1.165, 1.54) is 18.3 Å². The summed E-state index contributed by atoms with van der Waals surface area (Å²) in [6.45, 7) is 3.45. The van der Waals surface area contributed by atoms with Gasteiger partial charge in [-0.05, 0) is 31.0 Å². The highest BCUT2D eigenvalue weighted by molar-refractivity contribution is 7.14. The van der Waals surface area contributed by atoms with Gasteiger partial charge >= 0.3 is 0 Å². The Kier molecular flexibility index (Phi) is 4.76. The van der Waals surface area contributed by atoms with E-state index >= 15 is 0 Å². The summed E-state index contributed by atoms with van der Waals surface area (Å²) in [4.78, 5) is 27.3. The molecule has 6 nitrogen and oxygen atoms in total. The van der Waals surface area contributed by atoms with Crippen LogP contribution in [0.1, 0.15) is 40.4 Å². The van der Waals surface area contributed by atoms with Gasteiger partial charge in [0.1, 0.15) is 0 Å². The van der Waals surface area contributed by atoms with E-state index in [4.69, 9.17) is 0 Å². The molecule has 0 radical (unpaired) electrons. The van der Waals surface area contributed by atoms with E-state index in [9.17, 15) is 9.59 Å². The molecule has 2 aromatic rings. The van der Waals surface area contributed by atoms with Crippen molar-refractivity contribution in [3.8, 4) is 0 Å². The Labute approximate surface area is 139 Å². The molecule has 0 aliphatic carbocycles. The summed E-state index contributed by atoms with van der Waals surface area (Å²) in [5.74, 6) is 0.00491. The first-order valence-electron chi connectivity index (χ1n) is 7.75. The number of hydrogen-bond acceptors (Lipinski definition) is 4. The second-order valence-electron chi connectivity index (χ2n) is 5.71. The molecule has 1 saturated heterocycles.